The zero-order valence-electron chi connectivity index (χ0n) is 16.2. The maximum Gasteiger partial charge on any atom is 0.193 e. The third-order valence-electron chi connectivity index (χ3n) is 4.68. The highest BCUT2D eigenvalue weighted by atomic mass is 16.1. The molecule has 0 spiro atoms. The van der Waals surface area contributed by atoms with E-state index in [9.17, 15) is 4.79 Å². The molecule has 29 heavy (non-hydrogen) atoms. The van der Waals surface area contributed by atoms with Gasteiger partial charge in [-0.15, -0.1) is 6.58 Å². The van der Waals surface area contributed by atoms with Gasteiger partial charge in [0.2, 0.25) is 0 Å². The molecular formula is C24H22N4O. The van der Waals surface area contributed by atoms with E-state index < -0.39 is 0 Å². The molecule has 0 saturated heterocycles. The standard InChI is InChI=1S/C24H22N4O/c1-3-14-25-21-15-20-22(29)16-23(27-18-10-6-4-7-11-18)28(24(20)26-17(21)2)19-12-8-5-9-13-19/h3-13,15-16,25,27H,1,14H2,2H3. The minimum atomic E-state index is -0.0836. The molecule has 0 saturated carbocycles. The van der Waals surface area contributed by atoms with Crippen molar-refractivity contribution in [2.45, 2.75) is 6.92 Å². The summed E-state index contributed by atoms with van der Waals surface area (Å²) >= 11 is 0. The molecule has 0 bridgehead atoms. The summed E-state index contributed by atoms with van der Waals surface area (Å²) in [5.74, 6) is 0.665. The second-order valence-corrected chi connectivity index (χ2v) is 6.72. The van der Waals surface area contributed by atoms with Gasteiger partial charge in [-0.2, -0.15) is 0 Å². The second-order valence-electron chi connectivity index (χ2n) is 6.72. The molecule has 2 N–H and O–H groups in total. The van der Waals surface area contributed by atoms with Gasteiger partial charge in [0.1, 0.15) is 11.5 Å². The first-order valence-corrected chi connectivity index (χ1v) is 9.47. The molecule has 2 aromatic heterocycles. The molecular weight excluding hydrogens is 360 g/mol. The van der Waals surface area contributed by atoms with Crippen molar-refractivity contribution in [3.8, 4) is 5.69 Å². The van der Waals surface area contributed by atoms with Crippen molar-refractivity contribution in [2.24, 2.45) is 0 Å². The zero-order chi connectivity index (χ0) is 20.2. The smallest absolute Gasteiger partial charge is 0.193 e. The largest absolute Gasteiger partial charge is 0.380 e. The van der Waals surface area contributed by atoms with Crippen LogP contribution in [0.2, 0.25) is 0 Å². The van der Waals surface area contributed by atoms with Crippen LogP contribution in [0.25, 0.3) is 16.7 Å². The zero-order valence-corrected chi connectivity index (χ0v) is 16.2. The van der Waals surface area contributed by atoms with Gasteiger partial charge in [0.15, 0.2) is 5.43 Å². The Kier molecular flexibility index (Phi) is 5.12. The van der Waals surface area contributed by atoms with Crippen molar-refractivity contribution < 1.29 is 0 Å². The van der Waals surface area contributed by atoms with Crippen LogP contribution >= 0.6 is 0 Å². The number of nitrogens with zero attached hydrogens (tertiary/aromatic N) is 2. The van der Waals surface area contributed by atoms with Gasteiger partial charge < -0.3 is 10.6 Å². The lowest BCUT2D eigenvalue weighted by molar-refractivity contribution is 1.05. The van der Waals surface area contributed by atoms with E-state index in [4.69, 9.17) is 4.98 Å². The summed E-state index contributed by atoms with van der Waals surface area (Å²) in [4.78, 5) is 17.8. The molecule has 0 radical (unpaired) electrons. The number of benzene rings is 2. The highest BCUT2D eigenvalue weighted by Crippen LogP contribution is 2.26. The van der Waals surface area contributed by atoms with E-state index in [0.29, 0.717) is 23.4 Å². The van der Waals surface area contributed by atoms with Crippen molar-refractivity contribution in [2.75, 3.05) is 17.2 Å². The van der Waals surface area contributed by atoms with E-state index in [-0.39, 0.29) is 5.43 Å². The van der Waals surface area contributed by atoms with Crippen molar-refractivity contribution in [1.82, 2.24) is 9.55 Å². The van der Waals surface area contributed by atoms with Gasteiger partial charge in [0.05, 0.1) is 16.8 Å². The Bertz CT molecular complexity index is 1210. The third kappa shape index (κ3) is 3.75. The SMILES string of the molecule is C=CCNc1cc2c(=O)cc(Nc3ccccc3)n(-c3ccccc3)c2nc1C. The lowest BCUT2D eigenvalue weighted by Gasteiger charge is -2.19. The number of anilines is 3. The molecule has 4 rings (SSSR count). The molecule has 5 heteroatoms. The lowest BCUT2D eigenvalue weighted by atomic mass is 10.2. The van der Waals surface area contributed by atoms with Gasteiger partial charge in [-0.3, -0.25) is 9.36 Å². The molecule has 2 heterocycles. The summed E-state index contributed by atoms with van der Waals surface area (Å²) in [6.45, 7) is 6.27. The van der Waals surface area contributed by atoms with Crippen LogP contribution in [0.3, 0.4) is 0 Å². The number of pyridine rings is 2. The quantitative estimate of drug-likeness (QED) is 0.459. The summed E-state index contributed by atoms with van der Waals surface area (Å²) in [6.07, 6.45) is 1.78. The van der Waals surface area contributed by atoms with E-state index in [2.05, 4.69) is 17.2 Å². The summed E-state index contributed by atoms with van der Waals surface area (Å²) in [6, 6.07) is 23.2. The fourth-order valence-corrected chi connectivity index (χ4v) is 3.29. The van der Waals surface area contributed by atoms with E-state index in [1.165, 1.54) is 0 Å². The van der Waals surface area contributed by atoms with E-state index in [1.54, 1.807) is 12.1 Å². The van der Waals surface area contributed by atoms with Gasteiger partial charge in [-0.05, 0) is 37.3 Å². The van der Waals surface area contributed by atoms with Crippen LogP contribution in [0, 0.1) is 6.92 Å². The summed E-state index contributed by atoms with van der Waals surface area (Å²) in [5.41, 5.74) is 4.01. The first kappa shape index (κ1) is 18.5. The fourth-order valence-electron chi connectivity index (χ4n) is 3.29. The molecule has 5 nitrogen and oxygen atoms in total. The van der Waals surface area contributed by atoms with Crippen LogP contribution in [-0.2, 0) is 0 Å². The van der Waals surface area contributed by atoms with Crippen molar-refractivity contribution in [3.63, 3.8) is 0 Å². The Balaban J connectivity index is 1.97. The molecule has 144 valence electrons. The number of hydrogen-bond acceptors (Lipinski definition) is 4. The molecule has 0 fully saturated rings. The van der Waals surface area contributed by atoms with Gasteiger partial charge >= 0.3 is 0 Å². The van der Waals surface area contributed by atoms with Gasteiger partial charge in [-0.25, -0.2) is 4.98 Å². The van der Waals surface area contributed by atoms with E-state index in [0.717, 1.165) is 22.8 Å². The van der Waals surface area contributed by atoms with Crippen molar-refractivity contribution in [1.29, 1.82) is 0 Å². The topological polar surface area (TPSA) is 59.0 Å². The van der Waals surface area contributed by atoms with Gasteiger partial charge in [-0.1, -0.05) is 42.5 Å². The highest BCUT2D eigenvalue weighted by Gasteiger charge is 2.14. The van der Waals surface area contributed by atoms with Gasteiger partial charge in [0, 0.05) is 24.0 Å². The average molecular weight is 382 g/mol. The molecule has 0 amide bonds. The summed E-state index contributed by atoms with van der Waals surface area (Å²) < 4.78 is 1.98. The molecule has 0 unspecified atom stereocenters. The highest BCUT2D eigenvalue weighted by molar-refractivity contribution is 5.84. The number of para-hydroxylation sites is 2. The second kappa shape index (κ2) is 8.02. The van der Waals surface area contributed by atoms with Crippen LogP contribution < -0.4 is 16.1 Å². The number of rotatable bonds is 6. The number of hydrogen-bond donors (Lipinski definition) is 2. The summed E-state index contributed by atoms with van der Waals surface area (Å²) in [5, 5.41) is 7.18. The molecule has 2 aromatic carbocycles. The van der Waals surface area contributed by atoms with E-state index in [1.807, 2.05) is 78.2 Å². The first-order valence-electron chi connectivity index (χ1n) is 9.47. The first-order chi connectivity index (χ1) is 14.2. The monoisotopic (exact) mass is 382 g/mol. The molecule has 0 aliphatic heterocycles. The number of nitrogens with one attached hydrogen (secondary N) is 2. The molecule has 0 atom stereocenters. The normalized spacial score (nSPS) is 10.7. The molecule has 0 aliphatic carbocycles. The Morgan fingerprint density at radius 3 is 2.41 bits per heavy atom. The van der Waals surface area contributed by atoms with Crippen molar-refractivity contribution in [3.05, 3.63) is 101 Å². The minimum absolute atomic E-state index is 0.0836. The Morgan fingerprint density at radius 1 is 1.03 bits per heavy atom. The maximum absolute atomic E-state index is 13.0. The van der Waals surface area contributed by atoms with Crippen molar-refractivity contribution >= 4 is 28.2 Å². The van der Waals surface area contributed by atoms with Crippen LogP contribution in [0.15, 0.2) is 90.2 Å². The number of aryl methyl sites for hydroxylation is 1. The molecule has 0 aliphatic rings. The Morgan fingerprint density at radius 2 is 1.72 bits per heavy atom. The number of aromatic nitrogens is 2. The van der Waals surface area contributed by atoms with Gasteiger partial charge in [0.25, 0.3) is 0 Å². The summed E-state index contributed by atoms with van der Waals surface area (Å²) in [7, 11) is 0. The van der Waals surface area contributed by atoms with Crippen LogP contribution in [0.1, 0.15) is 5.69 Å². The lowest BCUT2D eigenvalue weighted by Crippen LogP contribution is -2.15. The maximum atomic E-state index is 13.0. The average Bonchev–Trinajstić information content (AvgIpc) is 2.74. The number of fused-ring (bicyclic) bond motifs is 1. The molecule has 4 aromatic rings. The third-order valence-corrected chi connectivity index (χ3v) is 4.68. The van der Waals surface area contributed by atoms with Crippen LogP contribution in [0.5, 0.6) is 0 Å². The van der Waals surface area contributed by atoms with Crippen LogP contribution in [0.4, 0.5) is 17.2 Å². The fraction of sp³-hybridized carbons (Fsp3) is 0.0833. The van der Waals surface area contributed by atoms with Crippen LogP contribution in [-0.4, -0.2) is 16.1 Å². The Hall–Kier alpha value is -3.86. The predicted molar refractivity (Wildman–Crippen MR) is 120 cm³/mol. The Labute approximate surface area is 169 Å². The van der Waals surface area contributed by atoms with E-state index >= 15 is 0 Å². The predicted octanol–water partition coefficient (Wildman–Crippen LogP) is 5.04. The minimum Gasteiger partial charge on any atom is -0.380 e.